The molecular formula is C23H31F2N. The summed E-state index contributed by atoms with van der Waals surface area (Å²) in [6.45, 7) is 8.75. The van der Waals surface area contributed by atoms with E-state index in [4.69, 9.17) is 0 Å². The molecule has 26 heavy (non-hydrogen) atoms. The number of hydrogen-bond acceptors (Lipinski definition) is 1. The first kappa shape index (κ1) is 20.5. The molecule has 0 bridgehead atoms. The van der Waals surface area contributed by atoms with Gasteiger partial charge in [-0.15, -0.1) is 0 Å². The quantitative estimate of drug-likeness (QED) is 0.449. The SMILES string of the molecule is C/C=C(\C=C/C(C)C(CC)CCC)C1CCC(c2c(F)cccc2F)=N1. The highest BCUT2D eigenvalue weighted by molar-refractivity contribution is 6.02. The number of allylic oxidation sites excluding steroid dienone is 2. The first-order valence-corrected chi connectivity index (χ1v) is 9.87. The number of rotatable bonds is 8. The smallest absolute Gasteiger partial charge is 0.135 e. The molecule has 1 aliphatic rings. The molecule has 2 rings (SSSR count). The highest BCUT2D eigenvalue weighted by Crippen LogP contribution is 2.28. The monoisotopic (exact) mass is 359 g/mol. The van der Waals surface area contributed by atoms with Crippen LogP contribution in [0.3, 0.4) is 0 Å². The van der Waals surface area contributed by atoms with Crippen LogP contribution in [-0.2, 0) is 0 Å². The van der Waals surface area contributed by atoms with Crippen molar-refractivity contribution < 1.29 is 8.78 Å². The zero-order chi connectivity index (χ0) is 19.1. The molecule has 0 amide bonds. The Kier molecular flexibility index (Phi) is 7.74. The molecule has 3 unspecified atom stereocenters. The van der Waals surface area contributed by atoms with Crippen LogP contribution < -0.4 is 0 Å². The average Bonchev–Trinajstić information content (AvgIpc) is 3.09. The molecule has 3 atom stereocenters. The zero-order valence-corrected chi connectivity index (χ0v) is 16.4. The van der Waals surface area contributed by atoms with Gasteiger partial charge >= 0.3 is 0 Å². The summed E-state index contributed by atoms with van der Waals surface area (Å²) >= 11 is 0. The van der Waals surface area contributed by atoms with Gasteiger partial charge in [-0.3, -0.25) is 4.99 Å². The topological polar surface area (TPSA) is 12.4 Å². The Hall–Kier alpha value is -1.77. The van der Waals surface area contributed by atoms with Gasteiger partial charge in [0.05, 0.1) is 11.6 Å². The molecule has 0 fully saturated rings. The highest BCUT2D eigenvalue weighted by Gasteiger charge is 2.24. The number of hydrogen-bond donors (Lipinski definition) is 0. The molecule has 1 nitrogen and oxygen atoms in total. The lowest BCUT2D eigenvalue weighted by atomic mass is 9.87. The van der Waals surface area contributed by atoms with Gasteiger partial charge in [-0.25, -0.2) is 8.78 Å². The molecular weight excluding hydrogens is 328 g/mol. The second kappa shape index (κ2) is 9.80. The van der Waals surface area contributed by atoms with Gasteiger partial charge in [-0.05, 0) is 49.3 Å². The molecule has 1 heterocycles. The van der Waals surface area contributed by atoms with Crippen molar-refractivity contribution in [3.63, 3.8) is 0 Å². The zero-order valence-electron chi connectivity index (χ0n) is 16.4. The molecule has 3 heteroatoms. The van der Waals surface area contributed by atoms with Crippen molar-refractivity contribution in [2.45, 2.75) is 65.8 Å². The van der Waals surface area contributed by atoms with Gasteiger partial charge in [0.1, 0.15) is 11.6 Å². The van der Waals surface area contributed by atoms with E-state index in [1.807, 2.05) is 6.92 Å². The summed E-state index contributed by atoms with van der Waals surface area (Å²) in [6.07, 6.45) is 11.5. The Balaban J connectivity index is 2.14. The molecule has 142 valence electrons. The number of aliphatic imine (C=N–C) groups is 1. The van der Waals surface area contributed by atoms with Crippen molar-refractivity contribution in [3.8, 4) is 0 Å². The maximum absolute atomic E-state index is 14.0. The van der Waals surface area contributed by atoms with E-state index < -0.39 is 11.6 Å². The lowest BCUT2D eigenvalue weighted by Gasteiger charge is -2.19. The van der Waals surface area contributed by atoms with Gasteiger partial charge in [-0.2, -0.15) is 0 Å². The summed E-state index contributed by atoms with van der Waals surface area (Å²) < 4.78 is 28.0. The van der Waals surface area contributed by atoms with Crippen molar-refractivity contribution in [1.82, 2.24) is 0 Å². The van der Waals surface area contributed by atoms with Crippen molar-refractivity contribution in [3.05, 3.63) is 59.2 Å². The van der Waals surface area contributed by atoms with Crippen LogP contribution in [0.5, 0.6) is 0 Å². The Morgan fingerprint density at radius 3 is 2.54 bits per heavy atom. The standard InChI is InChI=1S/C23H31F2N/c1-5-9-17(6-2)16(4)12-13-18(7-3)21-14-15-22(26-21)23-19(24)10-8-11-20(23)25/h7-8,10-13,16-17,21H,5-6,9,14-15H2,1-4H3/b13-12-,18-7+. The first-order chi connectivity index (χ1) is 12.5. The Bertz CT molecular complexity index is 667. The summed E-state index contributed by atoms with van der Waals surface area (Å²) in [5.41, 5.74) is 1.72. The molecule has 1 aliphatic heterocycles. The van der Waals surface area contributed by atoms with E-state index in [9.17, 15) is 8.78 Å². The lowest BCUT2D eigenvalue weighted by molar-refractivity contribution is 0.376. The van der Waals surface area contributed by atoms with Gasteiger partial charge < -0.3 is 0 Å². The van der Waals surface area contributed by atoms with Crippen molar-refractivity contribution in [2.24, 2.45) is 16.8 Å². The van der Waals surface area contributed by atoms with Crippen LogP contribution in [0.4, 0.5) is 8.78 Å². The largest absolute Gasteiger partial charge is 0.281 e. The van der Waals surface area contributed by atoms with Gasteiger partial charge in [0.15, 0.2) is 0 Å². The molecule has 0 aliphatic carbocycles. The summed E-state index contributed by atoms with van der Waals surface area (Å²) in [5, 5.41) is 0. The van der Waals surface area contributed by atoms with E-state index in [1.165, 1.54) is 37.5 Å². The van der Waals surface area contributed by atoms with Crippen molar-refractivity contribution in [2.75, 3.05) is 0 Å². The Morgan fingerprint density at radius 2 is 1.96 bits per heavy atom. The third-order valence-electron chi connectivity index (χ3n) is 5.46. The van der Waals surface area contributed by atoms with E-state index >= 15 is 0 Å². The lowest BCUT2D eigenvalue weighted by Crippen LogP contribution is -2.09. The van der Waals surface area contributed by atoms with E-state index in [-0.39, 0.29) is 11.6 Å². The summed E-state index contributed by atoms with van der Waals surface area (Å²) in [7, 11) is 0. The maximum atomic E-state index is 14.0. The van der Waals surface area contributed by atoms with Crippen LogP contribution in [0.1, 0.15) is 65.4 Å². The molecule has 0 saturated carbocycles. The minimum atomic E-state index is -0.527. The predicted molar refractivity (Wildman–Crippen MR) is 107 cm³/mol. The Labute approximate surface area is 156 Å². The fourth-order valence-electron chi connectivity index (χ4n) is 3.82. The second-order valence-corrected chi connectivity index (χ2v) is 7.19. The molecule has 0 saturated heterocycles. The first-order valence-electron chi connectivity index (χ1n) is 9.87. The van der Waals surface area contributed by atoms with Crippen molar-refractivity contribution in [1.29, 1.82) is 0 Å². The second-order valence-electron chi connectivity index (χ2n) is 7.19. The molecule has 0 aromatic heterocycles. The van der Waals surface area contributed by atoms with Crippen LogP contribution in [-0.4, -0.2) is 11.8 Å². The van der Waals surface area contributed by atoms with E-state index in [1.54, 1.807) is 0 Å². The normalized spacial score (nSPS) is 20.5. The van der Waals surface area contributed by atoms with Gasteiger partial charge in [-0.1, -0.05) is 64.3 Å². The Morgan fingerprint density at radius 1 is 1.27 bits per heavy atom. The number of halogens is 2. The third kappa shape index (κ3) is 4.90. The van der Waals surface area contributed by atoms with E-state index in [2.05, 4.69) is 44.0 Å². The molecule has 0 radical (unpaired) electrons. The summed E-state index contributed by atoms with van der Waals surface area (Å²) in [6, 6.07) is 3.97. The van der Waals surface area contributed by atoms with Crippen LogP contribution in [0, 0.1) is 23.5 Å². The van der Waals surface area contributed by atoms with Crippen molar-refractivity contribution >= 4 is 5.71 Å². The molecule has 1 aromatic rings. The third-order valence-corrected chi connectivity index (χ3v) is 5.46. The minimum Gasteiger partial charge on any atom is -0.281 e. The highest BCUT2D eigenvalue weighted by atomic mass is 19.1. The summed E-state index contributed by atoms with van der Waals surface area (Å²) in [5.74, 6) is 0.162. The van der Waals surface area contributed by atoms with Gasteiger partial charge in [0, 0.05) is 5.71 Å². The van der Waals surface area contributed by atoms with Crippen LogP contribution >= 0.6 is 0 Å². The number of benzene rings is 1. The minimum absolute atomic E-state index is 0.0105. The fraction of sp³-hybridized carbons (Fsp3) is 0.522. The molecule has 1 aromatic carbocycles. The molecule has 0 N–H and O–H groups in total. The predicted octanol–water partition coefficient (Wildman–Crippen LogP) is 6.88. The number of nitrogens with zero attached hydrogens (tertiary/aromatic N) is 1. The molecule has 0 spiro atoms. The van der Waals surface area contributed by atoms with E-state index in [0.29, 0.717) is 24.0 Å². The average molecular weight is 360 g/mol. The van der Waals surface area contributed by atoms with Gasteiger partial charge in [0.2, 0.25) is 0 Å². The van der Waals surface area contributed by atoms with Crippen LogP contribution in [0.2, 0.25) is 0 Å². The van der Waals surface area contributed by atoms with Gasteiger partial charge in [0.25, 0.3) is 0 Å². The van der Waals surface area contributed by atoms with Crippen LogP contribution in [0.15, 0.2) is 47.0 Å². The maximum Gasteiger partial charge on any atom is 0.135 e. The van der Waals surface area contributed by atoms with Crippen LogP contribution in [0.25, 0.3) is 0 Å². The van der Waals surface area contributed by atoms with E-state index in [0.717, 1.165) is 12.0 Å². The summed E-state index contributed by atoms with van der Waals surface area (Å²) in [4.78, 5) is 4.65. The fourth-order valence-corrected chi connectivity index (χ4v) is 3.82.